The Morgan fingerprint density at radius 1 is 1.03 bits per heavy atom. The minimum Gasteiger partial charge on any atom is -0.493 e. The van der Waals surface area contributed by atoms with Crippen LogP contribution in [0.25, 0.3) is 0 Å². The number of aromatic nitrogens is 1. The van der Waals surface area contributed by atoms with E-state index in [1.807, 2.05) is 24.3 Å². The first-order valence-electron chi connectivity index (χ1n) is 10.4. The van der Waals surface area contributed by atoms with Gasteiger partial charge in [-0.15, -0.1) is 0 Å². The third-order valence-electron chi connectivity index (χ3n) is 4.51. The molecule has 166 valence electrons. The van der Waals surface area contributed by atoms with E-state index in [1.165, 1.54) is 6.20 Å². The summed E-state index contributed by atoms with van der Waals surface area (Å²) in [4.78, 5) is 27.7. The Hall–Kier alpha value is -3.87. The zero-order chi connectivity index (χ0) is 22.9. The number of nitrogens with one attached hydrogen (secondary N) is 1. The van der Waals surface area contributed by atoms with E-state index in [1.54, 1.807) is 36.4 Å². The van der Waals surface area contributed by atoms with Gasteiger partial charge in [0.1, 0.15) is 11.5 Å². The van der Waals surface area contributed by atoms with Crippen molar-refractivity contribution < 1.29 is 19.1 Å². The number of hydrogen-bond donors (Lipinski definition) is 2. The van der Waals surface area contributed by atoms with Gasteiger partial charge in [0.2, 0.25) is 17.7 Å². The number of nitrogens with two attached hydrogens (primary N) is 1. The van der Waals surface area contributed by atoms with Crippen LogP contribution in [0, 0.1) is 5.92 Å². The highest BCUT2D eigenvalue weighted by Crippen LogP contribution is 2.21. The molecule has 3 N–H and O–H groups in total. The highest BCUT2D eigenvalue weighted by atomic mass is 16.5. The molecule has 0 atom stereocenters. The number of benzene rings is 2. The molecule has 0 fully saturated rings. The predicted octanol–water partition coefficient (Wildman–Crippen LogP) is 4.58. The summed E-state index contributed by atoms with van der Waals surface area (Å²) < 4.78 is 11.3. The molecule has 3 aromatic rings. The predicted molar refractivity (Wildman–Crippen MR) is 123 cm³/mol. The number of nitrogens with zero attached hydrogens (tertiary/aromatic N) is 1. The summed E-state index contributed by atoms with van der Waals surface area (Å²) >= 11 is 0. The maximum absolute atomic E-state index is 12.3. The topological polar surface area (TPSA) is 104 Å². The van der Waals surface area contributed by atoms with Crippen molar-refractivity contribution in [2.45, 2.75) is 26.7 Å². The molecule has 0 bridgehead atoms. The number of hydrogen-bond acceptors (Lipinski definition) is 5. The zero-order valence-electron chi connectivity index (χ0n) is 18.2. The second-order valence-corrected chi connectivity index (χ2v) is 7.78. The number of pyridine rings is 1. The fraction of sp³-hybridized carbons (Fsp3) is 0.240. The van der Waals surface area contributed by atoms with E-state index < -0.39 is 5.91 Å². The van der Waals surface area contributed by atoms with Gasteiger partial charge in [-0.3, -0.25) is 9.59 Å². The normalized spacial score (nSPS) is 10.6. The van der Waals surface area contributed by atoms with Gasteiger partial charge in [-0.05, 0) is 54.3 Å². The molecular formula is C25H27N3O4. The van der Waals surface area contributed by atoms with Crippen LogP contribution in [0.2, 0.25) is 0 Å². The van der Waals surface area contributed by atoms with E-state index in [9.17, 15) is 9.59 Å². The van der Waals surface area contributed by atoms with Crippen molar-refractivity contribution >= 4 is 17.5 Å². The fourth-order valence-electron chi connectivity index (χ4n) is 2.84. The molecule has 0 spiro atoms. The van der Waals surface area contributed by atoms with Crippen LogP contribution < -0.4 is 20.5 Å². The summed E-state index contributed by atoms with van der Waals surface area (Å²) in [5.74, 6) is 1.46. The minimum atomic E-state index is -0.531. The van der Waals surface area contributed by atoms with Crippen LogP contribution >= 0.6 is 0 Å². The van der Waals surface area contributed by atoms with Crippen LogP contribution in [-0.2, 0) is 11.2 Å². The van der Waals surface area contributed by atoms with Gasteiger partial charge >= 0.3 is 0 Å². The SMILES string of the molecule is CC(C)COc1ccc(CCC(=O)Nc2ccc(Oc3cccc(C(N)=O)c3)nc2)cc1. The maximum atomic E-state index is 12.3. The lowest BCUT2D eigenvalue weighted by Crippen LogP contribution is -2.12. The van der Waals surface area contributed by atoms with Gasteiger partial charge in [-0.2, -0.15) is 0 Å². The number of anilines is 1. The number of ether oxygens (including phenoxy) is 2. The molecule has 7 nitrogen and oxygen atoms in total. The molecule has 7 heteroatoms. The number of rotatable bonds is 10. The van der Waals surface area contributed by atoms with Gasteiger partial charge in [0, 0.05) is 18.1 Å². The van der Waals surface area contributed by atoms with Gasteiger partial charge in [0.25, 0.3) is 0 Å². The van der Waals surface area contributed by atoms with Crippen molar-refractivity contribution in [2.24, 2.45) is 11.7 Å². The van der Waals surface area contributed by atoms with Crippen molar-refractivity contribution in [1.29, 1.82) is 0 Å². The number of primary amides is 1. The Bertz CT molecular complexity index is 1050. The Balaban J connectivity index is 1.47. The van der Waals surface area contributed by atoms with Gasteiger partial charge in [0.05, 0.1) is 18.5 Å². The smallest absolute Gasteiger partial charge is 0.248 e. The molecule has 32 heavy (non-hydrogen) atoms. The summed E-state index contributed by atoms with van der Waals surface area (Å²) in [7, 11) is 0. The molecule has 0 saturated heterocycles. The van der Waals surface area contributed by atoms with Gasteiger partial charge in [-0.1, -0.05) is 32.0 Å². The number of aryl methyl sites for hydroxylation is 1. The van der Waals surface area contributed by atoms with E-state index in [-0.39, 0.29) is 5.91 Å². The van der Waals surface area contributed by atoms with Gasteiger partial charge in [0.15, 0.2) is 0 Å². The molecule has 0 aliphatic carbocycles. The van der Waals surface area contributed by atoms with E-state index >= 15 is 0 Å². The minimum absolute atomic E-state index is 0.102. The van der Waals surface area contributed by atoms with Crippen molar-refractivity contribution in [3.63, 3.8) is 0 Å². The van der Waals surface area contributed by atoms with Gasteiger partial charge < -0.3 is 20.5 Å². The number of amides is 2. The summed E-state index contributed by atoms with van der Waals surface area (Å²) in [5, 5.41) is 2.83. The third kappa shape index (κ3) is 7.12. The fourth-order valence-corrected chi connectivity index (χ4v) is 2.84. The molecule has 0 unspecified atom stereocenters. The summed E-state index contributed by atoms with van der Waals surface area (Å²) in [6.07, 6.45) is 2.50. The van der Waals surface area contributed by atoms with E-state index in [4.69, 9.17) is 15.2 Å². The quantitative estimate of drug-likeness (QED) is 0.487. The first-order valence-corrected chi connectivity index (χ1v) is 10.4. The van der Waals surface area contributed by atoms with Crippen LogP contribution in [-0.4, -0.2) is 23.4 Å². The Morgan fingerprint density at radius 2 is 1.81 bits per heavy atom. The second kappa shape index (κ2) is 10.9. The highest BCUT2D eigenvalue weighted by Gasteiger charge is 2.07. The summed E-state index contributed by atoms with van der Waals surface area (Å²) in [5.41, 5.74) is 7.27. The molecule has 2 amide bonds. The van der Waals surface area contributed by atoms with Crippen LogP contribution in [0.1, 0.15) is 36.2 Å². The molecule has 0 aliphatic rings. The first-order chi connectivity index (χ1) is 15.4. The highest BCUT2D eigenvalue weighted by molar-refractivity contribution is 5.93. The van der Waals surface area contributed by atoms with Gasteiger partial charge in [-0.25, -0.2) is 4.98 Å². The van der Waals surface area contributed by atoms with Crippen LogP contribution in [0.3, 0.4) is 0 Å². The maximum Gasteiger partial charge on any atom is 0.248 e. The average Bonchev–Trinajstić information content (AvgIpc) is 2.78. The van der Waals surface area contributed by atoms with E-state index in [0.717, 1.165) is 11.3 Å². The molecule has 3 rings (SSSR count). The molecule has 2 aromatic carbocycles. The van der Waals surface area contributed by atoms with Crippen LogP contribution in [0.15, 0.2) is 66.9 Å². The van der Waals surface area contributed by atoms with E-state index in [0.29, 0.717) is 48.2 Å². The lowest BCUT2D eigenvalue weighted by atomic mass is 10.1. The number of carbonyl (C=O) groups is 2. The van der Waals surface area contributed by atoms with Crippen LogP contribution in [0.4, 0.5) is 5.69 Å². The third-order valence-corrected chi connectivity index (χ3v) is 4.51. The number of carbonyl (C=O) groups excluding carboxylic acids is 2. The standard InChI is InChI=1S/C25H27N3O4/c1-17(2)16-31-21-10-6-18(7-11-21)8-12-23(29)28-20-9-13-24(27-15-20)32-22-5-3-4-19(14-22)25(26)30/h3-7,9-11,13-15,17H,8,12,16H2,1-2H3,(H2,26,30)(H,28,29). The summed E-state index contributed by atoms with van der Waals surface area (Å²) in [6, 6.07) is 17.7. The zero-order valence-corrected chi connectivity index (χ0v) is 18.2. The van der Waals surface area contributed by atoms with Crippen molar-refractivity contribution in [2.75, 3.05) is 11.9 Å². The molecule has 0 radical (unpaired) electrons. The Kier molecular flexibility index (Phi) is 7.80. The monoisotopic (exact) mass is 433 g/mol. The summed E-state index contributed by atoms with van der Waals surface area (Å²) in [6.45, 7) is 4.89. The average molecular weight is 434 g/mol. The second-order valence-electron chi connectivity index (χ2n) is 7.78. The Morgan fingerprint density at radius 3 is 2.47 bits per heavy atom. The first kappa shape index (κ1) is 22.8. The van der Waals surface area contributed by atoms with Crippen molar-refractivity contribution in [3.8, 4) is 17.4 Å². The molecule has 1 heterocycles. The molecular weight excluding hydrogens is 406 g/mol. The molecule has 1 aromatic heterocycles. The lowest BCUT2D eigenvalue weighted by molar-refractivity contribution is -0.116. The molecule has 0 saturated carbocycles. The van der Waals surface area contributed by atoms with E-state index in [2.05, 4.69) is 24.1 Å². The largest absolute Gasteiger partial charge is 0.493 e. The Labute approximate surface area is 187 Å². The lowest BCUT2D eigenvalue weighted by Gasteiger charge is -2.09. The van der Waals surface area contributed by atoms with Crippen LogP contribution in [0.5, 0.6) is 17.4 Å². The molecule has 0 aliphatic heterocycles. The van der Waals surface area contributed by atoms with Crippen molar-refractivity contribution in [1.82, 2.24) is 4.98 Å². The van der Waals surface area contributed by atoms with Crippen molar-refractivity contribution in [3.05, 3.63) is 78.0 Å².